The zero-order valence-corrected chi connectivity index (χ0v) is 17.4. The number of aromatic nitrogens is 4. The van der Waals surface area contributed by atoms with Crippen molar-refractivity contribution in [2.24, 2.45) is 0 Å². The number of carbonyl (C=O) groups excluding carboxylic acids is 1. The standard InChI is InChI=1S/C22H28N6O/c1-15(22(29)27-11-7-4-8-12-27)23-21-13-18(24-16(2)25-21)14-28-17(3)26-19-9-5-6-10-20(19)28/h5-6,9-10,13,15H,4,7-8,11-12,14H2,1-3H3,(H,23,24,25)/t15-/m1/s1. The smallest absolute Gasteiger partial charge is 0.244 e. The van der Waals surface area contributed by atoms with Crippen molar-refractivity contribution in [3.8, 4) is 0 Å². The summed E-state index contributed by atoms with van der Waals surface area (Å²) in [4.78, 5) is 28.4. The minimum Gasteiger partial charge on any atom is -0.359 e. The second kappa shape index (κ2) is 8.19. The van der Waals surface area contributed by atoms with E-state index in [-0.39, 0.29) is 11.9 Å². The highest BCUT2D eigenvalue weighted by Crippen LogP contribution is 2.18. The number of hydrogen-bond acceptors (Lipinski definition) is 5. The summed E-state index contributed by atoms with van der Waals surface area (Å²) in [5.41, 5.74) is 2.96. The van der Waals surface area contributed by atoms with Crippen molar-refractivity contribution < 1.29 is 4.79 Å². The van der Waals surface area contributed by atoms with Gasteiger partial charge >= 0.3 is 0 Å². The van der Waals surface area contributed by atoms with Crippen LogP contribution >= 0.6 is 0 Å². The molecule has 1 aliphatic rings. The molecule has 29 heavy (non-hydrogen) atoms. The number of nitrogens with one attached hydrogen (secondary N) is 1. The summed E-state index contributed by atoms with van der Waals surface area (Å²) in [6.45, 7) is 8.11. The van der Waals surface area contributed by atoms with Crippen LogP contribution in [0.15, 0.2) is 30.3 Å². The van der Waals surface area contributed by atoms with Crippen LogP contribution in [0.1, 0.15) is 43.5 Å². The molecule has 1 atom stereocenters. The molecule has 1 fully saturated rings. The fourth-order valence-electron chi connectivity index (χ4n) is 4.01. The molecular formula is C22H28N6O. The van der Waals surface area contributed by atoms with Crippen LogP contribution in [0.4, 0.5) is 5.82 Å². The summed E-state index contributed by atoms with van der Waals surface area (Å²) in [5.74, 6) is 2.46. The molecule has 3 heterocycles. The Labute approximate surface area is 171 Å². The van der Waals surface area contributed by atoms with Crippen molar-refractivity contribution in [3.63, 3.8) is 0 Å². The number of benzene rings is 1. The molecule has 7 heteroatoms. The Morgan fingerprint density at radius 3 is 2.66 bits per heavy atom. The molecule has 3 aromatic rings. The van der Waals surface area contributed by atoms with Crippen molar-refractivity contribution >= 4 is 22.8 Å². The summed E-state index contributed by atoms with van der Waals surface area (Å²) in [5, 5.41) is 3.28. The van der Waals surface area contributed by atoms with Gasteiger partial charge < -0.3 is 14.8 Å². The normalized spacial score (nSPS) is 15.5. The number of hydrogen-bond donors (Lipinski definition) is 1. The number of nitrogens with zero attached hydrogens (tertiary/aromatic N) is 5. The topological polar surface area (TPSA) is 75.9 Å². The SMILES string of the molecule is Cc1nc(Cn2c(C)nc3ccccc32)cc(N[C@H](C)C(=O)N2CCCCC2)n1. The second-order valence-electron chi connectivity index (χ2n) is 7.78. The molecule has 1 aromatic carbocycles. The summed E-state index contributed by atoms with van der Waals surface area (Å²) in [7, 11) is 0. The first-order chi connectivity index (χ1) is 14.0. The summed E-state index contributed by atoms with van der Waals surface area (Å²) in [6, 6.07) is 9.72. The van der Waals surface area contributed by atoms with Gasteiger partial charge in [-0.15, -0.1) is 0 Å². The minimum atomic E-state index is -0.314. The van der Waals surface area contributed by atoms with Gasteiger partial charge in [-0.2, -0.15) is 0 Å². The lowest BCUT2D eigenvalue weighted by Gasteiger charge is -2.29. The first kappa shape index (κ1) is 19.4. The fourth-order valence-corrected chi connectivity index (χ4v) is 4.01. The van der Waals surface area contributed by atoms with Crippen molar-refractivity contribution in [2.45, 2.75) is 52.6 Å². The molecule has 0 radical (unpaired) electrons. The molecule has 0 aliphatic carbocycles. The Morgan fingerprint density at radius 1 is 1.10 bits per heavy atom. The Bertz CT molecular complexity index is 1020. The number of imidazole rings is 1. The van der Waals surface area contributed by atoms with Gasteiger partial charge in [0.1, 0.15) is 23.5 Å². The van der Waals surface area contributed by atoms with E-state index >= 15 is 0 Å². The minimum absolute atomic E-state index is 0.138. The van der Waals surface area contributed by atoms with E-state index in [1.54, 1.807) is 0 Å². The van der Waals surface area contributed by atoms with Crippen molar-refractivity contribution in [3.05, 3.63) is 47.7 Å². The number of fused-ring (bicyclic) bond motifs is 1. The van der Waals surface area contributed by atoms with Crippen LogP contribution in [0.25, 0.3) is 11.0 Å². The molecule has 0 spiro atoms. The third-order valence-electron chi connectivity index (χ3n) is 5.46. The molecule has 0 bridgehead atoms. The maximum Gasteiger partial charge on any atom is 0.244 e. The predicted molar refractivity (Wildman–Crippen MR) is 114 cm³/mol. The van der Waals surface area contributed by atoms with Crippen molar-refractivity contribution in [1.82, 2.24) is 24.4 Å². The highest BCUT2D eigenvalue weighted by Gasteiger charge is 2.22. The lowest BCUT2D eigenvalue weighted by atomic mass is 10.1. The molecule has 0 saturated carbocycles. The van der Waals surface area contributed by atoms with E-state index in [1.165, 1.54) is 6.42 Å². The van der Waals surface area contributed by atoms with Crippen molar-refractivity contribution in [1.29, 1.82) is 0 Å². The van der Waals surface area contributed by atoms with Crippen LogP contribution in [0, 0.1) is 13.8 Å². The number of para-hydroxylation sites is 2. The van der Waals surface area contributed by atoms with E-state index in [9.17, 15) is 4.79 Å². The summed E-state index contributed by atoms with van der Waals surface area (Å²) >= 11 is 0. The third-order valence-corrected chi connectivity index (χ3v) is 5.46. The largest absolute Gasteiger partial charge is 0.359 e. The number of likely N-dealkylation sites (tertiary alicyclic amines) is 1. The number of piperidine rings is 1. The molecule has 1 saturated heterocycles. The molecule has 2 aromatic heterocycles. The van der Waals surface area contributed by atoms with Crippen LogP contribution < -0.4 is 5.32 Å². The average Bonchev–Trinajstić information content (AvgIpc) is 3.03. The quantitative estimate of drug-likeness (QED) is 0.721. The molecular weight excluding hydrogens is 364 g/mol. The molecule has 1 N–H and O–H groups in total. The Kier molecular flexibility index (Phi) is 5.47. The molecule has 7 nitrogen and oxygen atoms in total. The first-order valence-electron chi connectivity index (χ1n) is 10.3. The number of carbonyl (C=O) groups is 1. The Morgan fingerprint density at radius 2 is 1.86 bits per heavy atom. The second-order valence-corrected chi connectivity index (χ2v) is 7.78. The number of anilines is 1. The highest BCUT2D eigenvalue weighted by molar-refractivity contribution is 5.84. The van der Waals surface area contributed by atoms with E-state index in [1.807, 2.05) is 49.9 Å². The van der Waals surface area contributed by atoms with Gasteiger partial charge in [0, 0.05) is 19.2 Å². The lowest BCUT2D eigenvalue weighted by molar-refractivity contribution is -0.132. The van der Waals surface area contributed by atoms with Gasteiger partial charge in [-0.05, 0) is 52.2 Å². The van der Waals surface area contributed by atoms with Gasteiger partial charge in [-0.1, -0.05) is 12.1 Å². The van der Waals surface area contributed by atoms with Crippen LogP contribution in [0.3, 0.4) is 0 Å². The van der Waals surface area contributed by atoms with Gasteiger partial charge in [-0.25, -0.2) is 15.0 Å². The van der Waals surface area contributed by atoms with E-state index in [0.29, 0.717) is 18.2 Å². The van der Waals surface area contributed by atoms with E-state index in [4.69, 9.17) is 0 Å². The molecule has 1 amide bonds. The lowest BCUT2D eigenvalue weighted by Crippen LogP contribution is -2.44. The van der Waals surface area contributed by atoms with Gasteiger partial charge in [0.05, 0.1) is 23.3 Å². The average molecular weight is 393 g/mol. The molecule has 1 aliphatic heterocycles. The molecule has 0 unspecified atom stereocenters. The van der Waals surface area contributed by atoms with Gasteiger partial charge in [0.15, 0.2) is 0 Å². The van der Waals surface area contributed by atoms with Crippen LogP contribution in [-0.4, -0.2) is 49.5 Å². The maximum absolute atomic E-state index is 12.7. The van der Waals surface area contributed by atoms with Crippen LogP contribution in [0.5, 0.6) is 0 Å². The number of amides is 1. The van der Waals surface area contributed by atoms with Gasteiger partial charge in [0.25, 0.3) is 0 Å². The van der Waals surface area contributed by atoms with E-state index < -0.39 is 0 Å². The summed E-state index contributed by atoms with van der Waals surface area (Å²) in [6.07, 6.45) is 3.39. The van der Waals surface area contributed by atoms with E-state index in [0.717, 1.165) is 48.5 Å². The predicted octanol–water partition coefficient (Wildman–Crippen LogP) is 3.30. The highest BCUT2D eigenvalue weighted by atomic mass is 16.2. The fraction of sp³-hybridized carbons (Fsp3) is 0.455. The molecule has 152 valence electrons. The Balaban J connectivity index is 1.53. The first-order valence-corrected chi connectivity index (χ1v) is 10.3. The molecule has 4 rings (SSSR count). The van der Waals surface area contributed by atoms with Crippen molar-refractivity contribution in [2.75, 3.05) is 18.4 Å². The number of aryl methyl sites for hydroxylation is 2. The van der Waals surface area contributed by atoms with Gasteiger partial charge in [0.2, 0.25) is 5.91 Å². The maximum atomic E-state index is 12.7. The zero-order valence-electron chi connectivity index (χ0n) is 17.4. The summed E-state index contributed by atoms with van der Waals surface area (Å²) < 4.78 is 2.16. The van der Waals surface area contributed by atoms with Crippen LogP contribution in [0.2, 0.25) is 0 Å². The zero-order chi connectivity index (χ0) is 20.4. The monoisotopic (exact) mass is 392 g/mol. The third kappa shape index (κ3) is 4.23. The number of rotatable bonds is 5. The Hall–Kier alpha value is -2.96. The van der Waals surface area contributed by atoms with E-state index in [2.05, 4.69) is 30.9 Å². The van der Waals surface area contributed by atoms with Gasteiger partial charge in [-0.3, -0.25) is 4.79 Å². The van der Waals surface area contributed by atoms with Crippen LogP contribution in [-0.2, 0) is 11.3 Å².